The fourth-order valence-corrected chi connectivity index (χ4v) is 4.43. The van der Waals surface area contributed by atoms with Crippen molar-refractivity contribution >= 4 is 21.4 Å². The van der Waals surface area contributed by atoms with Gasteiger partial charge in [-0.25, -0.2) is 12.8 Å². The second-order valence-electron chi connectivity index (χ2n) is 5.75. The molecular formula is C20H16ClFO2S. The van der Waals surface area contributed by atoms with Crippen LogP contribution in [-0.4, -0.2) is 14.2 Å². The number of alkyl halides is 1. The molecule has 5 heteroatoms. The molecule has 2 nitrogen and oxygen atoms in total. The number of rotatable bonds is 5. The van der Waals surface area contributed by atoms with Crippen LogP contribution >= 0.6 is 11.6 Å². The summed E-state index contributed by atoms with van der Waals surface area (Å²) in [7, 11) is -3.86. The quantitative estimate of drug-likeness (QED) is 0.627. The molecule has 0 fully saturated rings. The lowest BCUT2D eigenvalue weighted by Crippen LogP contribution is -2.31. The molecule has 0 N–H and O–H groups in total. The maximum Gasteiger partial charge on any atom is 0.182 e. The lowest BCUT2D eigenvalue weighted by atomic mass is 9.90. The van der Waals surface area contributed by atoms with Crippen molar-refractivity contribution < 1.29 is 12.8 Å². The predicted octanol–water partition coefficient (Wildman–Crippen LogP) is 5.03. The van der Waals surface area contributed by atoms with Gasteiger partial charge in [0.2, 0.25) is 0 Å². The van der Waals surface area contributed by atoms with E-state index in [2.05, 4.69) is 0 Å². The molecule has 0 spiro atoms. The molecule has 0 heterocycles. The van der Waals surface area contributed by atoms with E-state index in [9.17, 15) is 8.42 Å². The van der Waals surface area contributed by atoms with E-state index in [4.69, 9.17) is 11.6 Å². The highest BCUT2D eigenvalue weighted by molar-refractivity contribution is 7.91. The average Bonchev–Trinajstić information content (AvgIpc) is 2.63. The highest BCUT2D eigenvalue weighted by atomic mass is 35.5. The van der Waals surface area contributed by atoms with E-state index in [0.717, 1.165) is 0 Å². The molecule has 0 saturated carbocycles. The molecule has 0 saturated heterocycles. The molecule has 3 rings (SSSR count). The summed E-state index contributed by atoms with van der Waals surface area (Å²) in [6.45, 7) is 0. The summed E-state index contributed by atoms with van der Waals surface area (Å²) in [6.07, 6.45) is 0. The van der Waals surface area contributed by atoms with E-state index in [1.54, 1.807) is 60.7 Å². The molecule has 0 aliphatic heterocycles. The Morgan fingerprint density at radius 1 is 0.760 bits per heavy atom. The van der Waals surface area contributed by atoms with Crippen molar-refractivity contribution in [2.45, 2.75) is 10.6 Å². The fourth-order valence-electron chi connectivity index (χ4n) is 2.73. The zero-order chi connectivity index (χ0) is 17.9. The van der Waals surface area contributed by atoms with Gasteiger partial charge in [0.05, 0.1) is 10.6 Å². The van der Waals surface area contributed by atoms with Crippen molar-refractivity contribution in [3.8, 4) is 0 Å². The van der Waals surface area contributed by atoms with Gasteiger partial charge in [0, 0.05) is 5.02 Å². The Hall–Kier alpha value is -2.17. The summed E-state index contributed by atoms with van der Waals surface area (Å²) in [5, 5.41) is 0.427. The Bertz CT molecular complexity index is 901. The first-order valence-electron chi connectivity index (χ1n) is 7.70. The summed E-state index contributed by atoms with van der Waals surface area (Å²) in [5.74, 6) is -0.685. The molecule has 0 aromatic heterocycles. The van der Waals surface area contributed by atoms with Gasteiger partial charge < -0.3 is 0 Å². The van der Waals surface area contributed by atoms with E-state index >= 15 is 4.39 Å². The van der Waals surface area contributed by atoms with Gasteiger partial charge in [-0.1, -0.05) is 72.3 Å². The SMILES string of the molecule is O=S(=O)(CC(F)(c1ccccc1)c1ccccc1)c1ccc(Cl)cc1. The van der Waals surface area contributed by atoms with E-state index < -0.39 is 21.3 Å². The van der Waals surface area contributed by atoms with E-state index in [1.165, 1.54) is 24.3 Å². The minimum Gasteiger partial charge on any atom is -0.232 e. The number of hydrogen-bond donors (Lipinski definition) is 0. The zero-order valence-corrected chi connectivity index (χ0v) is 14.8. The fraction of sp³-hybridized carbons (Fsp3) is 0.100. The first kappa shape index (κ1) is 17.6. The Kier molecular flexibility index (Phi) is 4.93. The van der Waals surface area contributed by atoms with Gasteiger partial charge in [0.1, 0.15) is 0 Å². The van der Waals surface area contributed by atoms with Crippen LogP contribution in [0.2, 0.25) is 5.02 Å². The highest BCUT2D eigenvalue weighted by Crippen LogP contribution is 2.37. The van der Waals surface area contributed by atoms with E-state index in [0.29, 0.717) is 16.1 Å². The van der Waals surface area contributed by atoms with Gasteiger partial charge in [-0.2, -0.15) is 0 Å². The zero-order valence-electron chi connectivity index (χ0n) is 13.3. The Labute approximate surface area is 151 Å². The standard InChI is InChI=1S/C20H16ClFO2S/c21-18-11-13-19(14-12-18)25(23,24)15-20(22,16-7-3-1-4-8-16)17-9-5-2-6-10-17/h1-14H,15H2. The molecule has 0 aliphatic rings. The lowest BCUT2D eigenvalue weighted by molar-refractivity contribution is 0.254. The molecule has 0 aliphatic carbocycles. The van der Waals surface area contributed by atoms with Crippen LogP contribution in [0.1, 0.15) is 11.1 Å². The second-order valence-corrected chi connectivity index (χ2v) is 8.17. The summed E-state index contributed by atoms with van der Waals surface area (Å²) >= 11 is 5.82. The van der Waals surface area contributed by atoms with Crippen LogP contribution in [0.3, 0.4) is 0 Å². The third kappa shape index (κ3) is 3.75. The molecule has 0 unspecified atom stereocenters. The Morgan fingerprint density at radius 3 is 1.64 bits per heavy atom. The maximum absolute atomic E-state index is 16.1. The monoisotopic (exact) mass is 374 g/mol. The minimum absolute atomic E-state index is 0.0470. The largest absolute Gasteiger partial charge is 0.232 e. The van der Waals surface area contributed by atoms with Crippen LogP contribution in [0.25, 0.3) is 0 Å². The van der Waals surface area contributed by atoms with Crippen LogP contribution in [0, 0.1) is 0 Å². The molecule has 128 valence electrons. The third-order valence-corrected chi connectivity index (χ3v) is 6.04. The van der Waals surface area contributed by atoms with E-state index in [-0.39, 0.29) is 4.90 Å². The molecular weight excluding hydrogens is 359 g/mol. The molecule has 0 radical (unpaired) electrons. The van der Waals surface area contributed by atoms with Gasteiger partial charge in [-0.05, 0) is 35.4 Å². The topological polar surface area (TPSA) is 34.1 Å². The van der Waals surface area contributed by atoms with E-state index in [1.807, 2.05) is 0 Å². The molecule has 0 amide bonds. The Balaban J connectivity index is 2.09. The van der Waals surface area contributed by atoms with Crippen molar-refractivity contribution in [3.63, 3.8) is 0 Å². The third-order valence-electron chi connectivity index (χ3n) is 4.02. The summed E-state index contributed by atoms with van der Waals surface area (Å²) in [6, 6.07) is 22.5. The predicted molar refractivity (Wildman–Crippen MR) is 98.3 cm³/mol. The molecule has 3 aromatic rings. The minimum atomic E-state index is -3.86. The summed E-state index contributed by atoms with van der Waals surface area (Å²) in [4.78, 5) is 0.0470. The molecule has 25 heavy (non-hydrogen) atoms. The Morgan fingerprint density at radius 2 is 1.20 bits per heavy atom. The van der Waals surface area contributed by atoms with Crippen LogP contribution in [0.5, 0.6) is 0 Å². The second kappa shape index (κ2) is 6.98. The maximum atomic E-state index is 16.1. The number of halogens is 2. The molecule has 0 bridgehead atoms. The van der Waals surface area contributed by atoms with Crippen molar-refractivity contribution in [1.82, 2.24) is 0 Å². The normalized spacial score (nSPS) is 12.1. The van der Waals surface area contributed by atoms with Gasteiger partial charge in [0.15, 0.2) is 15.5 Å². The lowest BCUT2D eigenvalue weighted by Gasteiger charge is -2.26. The summed E-state index contributed by atoms with van der Waals surface area (Å²) < 4.78 is 41.8. The van der Waals surface area contributed by atoms with Crippen LogP contribution in [0.15, 0.2) is 89.8 Å². The van der Waals surface area contributed by atoms with Crippen molar-refractivity contribution in [1.29, 1.82) is 0 Å². The van der Waals surface area contributed by atoms with Gasteiger partial charge in [-0.3, -0.25) is 0 Å². The smallest absolute Gasteiger partial charge is 0.182 e. The number of sulfone groups is 1. The first-order chi connectivity index (χ1) is 11.9. The van der Waals surface area contributed by atoms with Gasteiger partial charge in [-0.15, -0.1) is 0 Å². The van der Waals surface area contributed by atoms with Crippen LogP contribution in [-0.2, 0) is 15.5 Å². The molecule has 0 atom stereocenters. The van der Waals surface area contributed by atoms with Crippen LogP contribution in [0.4, 0.5) is 4.39 Å². The van der Waals surface area contributed by atoms with Gasteiger partial charge >= 0.3 is 0 Å². The van der Waals surface area contributed by atoms with Crippen molar-refractivity contribution in [2.75, 3.05) is 5.75 Å². The first-order valence-corrected chi connectivity index (χ1v) is 9.73. The molecule has 3 aromatic carbocycles. The average molecular weight is 375 g/mol. The van der Waals surface area contributed by atoms with Crippen molar-refractivity contribution in [2.24, 2.45) is 0 Å². The highest BCUT2D eigenvalue weighted by Gasteiger charge is 2.39. The number of hydrogen-bond acceptors (Lipinski definition) is 2. The number of benzene rings is 3. The van der Waals surface area contributed by atoms with Crippen molar-refractivity contribution in [3.05, 3.63) is 101 Å². The van der Waals surface area contributed by atoms with Crippen LogP contribution < -0.4 is 0 Å². The van der Waals surface area contributed by atoms with Gasteiger partial charge in [0.25, 0.3) is 0 Å². The summed E-state index contributed by atoms with van der Waals surface area (Å²) in [5.41, 5.74) is -1.54.